The SMILES string of the molecule is O=C(O)CC(=O)C(C(=O)O)C(=O)C(=O)O. The van der Waals surface area contributed by atoms with Gasteiger partial charge >= 0.3 is 17.9 Å². The normalized spacial score (nSPS) is 11.5. The number of carbonyl (C=O) groups is 5. The average molecular weight is 218 g/mol. The third-order valence-electron chi connectivity index (χ3n) is 1.37. The summed E-state index contributed by atoms with van der Waals surface area (Å²) in [6.07, 6.45) is -1.21. The molecule has 0 aromatic heterocycles. The maximum atomic E-state index is 10.9. The molecular weight excluding hydrogens is 212 g/mol. The van der Waals surface area contributed by atoms with Gasteiger partial charge in [0, 0.05) is 0 Å². The van der Waals surface area contributed by atoms with Crippen molar-refractivity contribution < 1.29 is 39.3 Å². The zero-order valence-corrected chi connectivity index (χ0v) is 7.17. The molecule has 0 aliphatic carbocycles. The average Bonchev–Trinajstić information content (AvgIpc) is 2.01. The molecular formula is C7H6O8. The number of carboxylic acid groups (broad SMARTS) is 3. The summed E-state index contributed by atoms with van der Waals surface area (Å²) < 4.78 is 0. The smallest absolute Gasteiger partial charge is 0.373 e. The van der Waals surface area contributed by atoms with Crippen LogP contribution in [0.4, 0.5) is 0 Å². The van der Waals surface area contributed by atoms with Crippen LogP contribution < -0.4 is 0 Å². The number of aliphatic carboxylic acids is 3. The highest BCUT2D eigenvalue weighted by Gasteiger charge is 2.38. The zero-order chi connectivity index (χ0) is 12.2. The molecule has 0 aromatic carbocycles. The van der Waals surface area contributed by atoms with Gasteiger partial charge in [-0.15, -0.1) is 0 Å². The molecule has 0 saturated heterocycles. The summed E-state index contributed by atoms with van der Waals surface area (Å²) in [6, 6.07) is 0. The maximum absolute atomic E-state index is 10.9. The number of Topliss-reactive ketones (excluding diaryl/α,β-unsaturated/α-hetero) is 2. The third kappa shape index (κ3) is 3.55. The Morgan fingerprint density at radius 2 is 1.40 bits per heavy atom. The third-order valence-corrected chi connectivity index (χ3v) is 1.37. The molecule has 1 atom stereocenters. The predicted molar refractivity (Wildman–Crippen MR) is 41.0 cm³/mol. The molecule has 0 aliphatic rings. The van der Waals surface area contributed by atoms with Crippen LogP contribution in [-0.2, 0) is 24.0 Å². The van der Waals surface area contributed by atoms with Gasteiger partial charge in [0.2, 0.25) is 0 Å². The first kappa shape index (κ1) is 12.8. The van der Waals surface area contributed by atoms with E-state index in [1.165, 1.54) is 0 Å². The largest absolute Gasteiger partial charge is 0.481 e. The van der Waals surface area contributed by atoms with Gasteiger partial charge in [-0.3, -0.25) is 19.2 Å². The van der Waals surface area contributed by atoms with Crippen LogP contribution in [0.2, 0.25) is 0 Å². The number of hydrogen-bond donors (Lipinski definition) is 3. The van der Waals surface area contributed by atoms with Crippen LogP contribution >= 0.6 is 0 Å². The number of ketones is 2. The minimum atomic E-state index is -2.46. The van der Waals surface area contributed by atoms with Crippen molar-refractivity contribution in [3.8, 4) is 0 Å². The summed E-state index contributed by atoms with van der Waals surface area (Å²) in [7, 11) is 0. The van der Waals surface area contributed by atoms with Crippen LogP contribution in [0.25, 0.3) is 0 Å². The second-order valence-corrected chi connectivity index (χ2v) is 2.48. The molecule has 0 heterocycles. The lowest BCUT2D eigenvalue weighted by atomic mass is 9.97. The van der Waals surface area contributed by atoms with E-state index in [9.17, 15) is 24.0 Å². The van der Waals surface area contributed by atoms with Crippen molar-refractivity contribution in [1.29, 1.82) is 0 Å². The highest BCUT2D eigenvalue weighted by Crippen LogP contribution is 2.05. The Morgan fingerprint density at radius 1 is 0.933 bits per heavy atom. The lowest BCUT2D eigenvalue weighted by Crippen LogP contribution is -2.37. The van der Waals surface area contributed by atoms with E-state index in [0.29, 0.717) is 0 Å². The monoisotopic (exact) mass is 218 g/mol. The number of carboxylic acids is 3. The van der Waals surface area contributed by atoms with Crippen molar-refractivity contribution in [2.24, 2.45) is 5.92 Å². The Hall–Kier alpha value is -2.25. The van der Waals surface area contributed by atoms with Crippen molar-refractivity contribution >= 4 is 29.5 Å². The fraction of sp³-hybridized carbons (Fsp3) is 0.286. The highest BCUT2D eigenvalue weighted by atomic mass is 16.4. The molecule has 0 radical (unpaired) electrons. The molecule has 0 aliphatic heterocycles. The molecule has 0 aromatic rings. The van der Waals surface area contributed by atoms with Crippen molar-refractivity contribution in [2.45, 2.75) is 6.42 Å². The minimum absolute atomic E-state index is 1.21. The van der Waals surface area contributed by atoms with Crippen LogP contribution in [0.15, 0.2) is 0 Å². The van der Waals surface area contributed by atoms with Crippen LogP contribution in [0.5, 0.6) is 0 Å². The Balaban J connectivity index is 4.90. The van der Waals surface area contributed by atoms with Gasteiger partial charge in [0.25, 0.3) is 5.78 Å². The molecule has 82 valence electrons. The lowest BCUT2D eigenvalue weighted by molar-refractivity contribution is -0.160. The first-order chi connectivity index (χ1) is 6.77. The number of rotatable bonds is 6. The molecule has 3 N–H and O–H groups in total. The van der Waals surface area contributed by atoms with Crippen LogP contribution in [0, 0.1) is 5.92 Å². The van der Waals surface area contributed by atoms with Gasteiger partial charge in [0.1, 0.15) is 6.42 Å². The van der Waals surface area contributed by atoms with E-state index < -0.39 is 41.8 Å². The number of carbonyl (C=O) groups excluding carboxylic acids is 2. The summed E-state index contributed by atoms with van der Waals surface area (Å²) in [4.78, 5) is 52.2. The quantitative estimate of drug-likeness (QED) is 0.356. The molecule has 15 heavy (non-hydrogen) atoms. The van der Waals surface area contributed by atoms with E-state index in [1.54, 1.807) is 0 Å². The maximum Gasteiger partial charge on any atom is 0.373 e. The molecule has 8 heteroatoms. The zero-order valence-electron chi connectivity index (χ0n) is 7.17. The first-order valence-electron chi connectivity index (χ1n) is 3.51. The molecule has 0 spiro atoms. The van der Waals surface area contributed by atoms with Gasteiger partial charge in [0.15, 0.2) is 11.7 Å². The molecule has 0 bridgehead atoms. The fourth-order valence-electron chi connectivity index (χ4n) is 0.771. The minimum Gasteiger partial charge on any atom is -0.481 e. The molecule has 8 nitrogen and oxygen atoms in total. The Bertz CT molecular complexity index is 341. The topological polar surface area (TPSA) is 146 Å². The van der Waals surface area contributed by atoms with Crippen molar-refractivity contribution in [3.63, 3.8) is 0 Å². The molecule has 0 saturated carbocycles. The Morgan fingerprint density at radius 3 is 1.67 bits per heavy atom. The van der Waals surface area contributed by atoms with Crippen molar-refractivity contribution in [2.75, 3.05) is 0 Å². The van der Waals surface area contributed by atoms with E-state index >= 15 is 0 Å². The standard InChI is InChI=1S/C7H6O8/c8-2(1-3(9)10)4(6(12)13)5(11)7(14)15/h4H,1H2,(H,9,10)(H,12,13)(H,14,15). The molecule has 0 amide bonds. The van der Waals surface area contributed by atoms with E-state index in [2.05, 4.69) is 0 Å². The summed E-state index contributed by atoms with van der Waals surface area (Å²) in [5, 5.41) is 24.7. The van der Waals surface area contributed by atoms with E-state index in [0.717, 1.165) is 0 Å². The lowest BCUT2D eigenvalue weighted by Gasteiger charge is -2.04. The molecule has 0 fully saturated rings. The van der Waals surface area contributed by atoms with Crippen LogP contribution in [0.3, 0.4) is 0 Å². The van der Waals surface area contributed by atoms with E-state index in [-0.39, 0.29) is 0 Å². The summed E-state index contributed by atoms with van der Waals surface area (Å²) in [5.41, 5.74) is 0. The fourth-order valence-corrected chi connectivity index (χ4v) is 0.771. The van der Waals surface area contributed by atoms with Crippen LogP contribution in [0.1, 0.15) is 6.42 Å². The second kappa shape index (κ2) is 4.84. The van der Waals surface area contributed by atoms with Gasteiger partial charge in [0.05, 0.1) is 0 Å². The molecule has 0 rings (SSSR count). The summed E-state index contributed by atoms with van der Waals surface area (Å²) >= 11 is 0. The van der Waals surface area contributed by atoms with Gasteiger partial charge in [-0.05, 0) is 0 Å². The molecule has 1 unspecified atom stereocenters. The predicted octanol–water partition coefficient (Wildman–Crippen LogP) is -1.62. The second-order valence-electron chi connectivity index (χ2n) is 2.48. The van der Waals surface area contributed by atoms with E-state index in [4.69, 9.17) is 15.3 Å². The Kier molecular flexibility index (Phi) is 4.11. The van der Waals surface area contributed by atoms with Gasteiger partial charge in [-0.1, -0.05) is 0 Å². The van der Waals surface area contributed by atoms with Gasteiger partial charge in [-0.2, -0.15) is 0 Å². The van der Waals surface area contributed by atoms with E-state index in [1.807, 2.05) is 0 Å². The summed E-state index contributed by atoms with van der Waals surface area (Å²) in [5.74, 6) is -11.5. The first-order valence-corrected chi connectivity index (χ1v) is 3.51. The van der Waals surface area contributed by atoms with Gasteiger partial charge in [-0.25, -0.2) is 4.79 Å². The highest BCUT2D eigenvalue weighted by molar-refractivity contribution is 6.42. The number of hydrogen-bond acceptors (Lipinski definition) is 5. The van der Waals surface area contributed by atoms with Crippen LogP contribution in [-0.4, -0.2) is 44.8 Å². The van der Waals surface area contributed by atoms with Crippen molar-refractivity contribution in [3.05, 3.63) is 0 Å². The summed E-state index contributed by atoms with van der Waals surface area (Å²) in [6.45, 7) is 0. The van der Waals surface area contributed by atoms with Gasteiger partial charge < -0.3 is 15.3 Å². The van der Waals surface area contributed by atoms with Crippen molar-refractivity contribution in [1.82, 2.24) is 0 Å². The Labute approximate surface area is 82.1 Å².